The summed E-state index contributed by atoms with van der Waals surface area (Å²) in [4.78, 5) is 0. The second-order valence-corrected chi connectivity index (χ2v) is 5.94. The molecule has 0 aliphatic heterocycles. The Balaban J connectivity index is 1.82. The summed E-state index contributed by atoms with van der Waals surface area (Å²) in [5.74, 6) is 0.491. The maximum Gasteiger partial charge on any atom is 0.171 e. The fourth-order valence-electron chi connectivity index (χ4n) is 2.01. The maximum atomic E-state index is 13.6. The van der Waals surface area contributed by atoms with Gasteiger partial charge in [-0.3, -0.25) is 0 Å². The molecule has 0 amide bonds. The smallest absolute Gasteiger partial charge is 0.171 e. The molecule has 0 saturated carbocycles. The molecule has 23 heavy (non-hydrogen) atoms. The Morgan fingerprint density at radius 1 is 1.17 bits per heavy atom. The number of hydrogen-bond acceptors (Lipinski definition) is 2. The molecule has 0 saturated heterocycles. The zero-order valence-corrected chi connectivity index (χ0v) is 14.3. The summed E-state index contributed by atoms with van der Waals surface area (Å²) in [5.41, 5.74) is 2.78. The zero-order valence-electron chi connectivity index (χ0n) is 13.5. The number of halogens is 1. The van der Waals surface area contributed by atoms with Crippen LogP contribution >= 0.6 is 12.2 Å². The molecule has 3 nitrogen and oxygen atoms in total. The van der Waals surface area contributed by atoms with Gasteiger partial charge in [0.2, 0.25) is 0 Å². The van der Waals surface area contributed by atoms with E-state index in [2.05, 4.69) is 24.5 Å². The number of thiocarbonyl (C=S) groups is 1. The van der Waals surface area contributed by atoms with E-state index in [-0.39, 0.29) is 11.9 Å². The SMILES string of the molecule is Cc1ccc(OC[C@H](C)NC(=S)Nc2ccccc2F)cc1C. The standard InChI is InChI=1S/C18H21FN2OS/c1-12-8-9-15(10-13(12)2)22-11-14(3)20-18(23)21-17-7-5-4-6-16(17)19/h4-10,14H,11H2,1-3H3,(H2,20,21,23)/t14-/m0/s1. The fraction of sp³-hybridized carbons (Fsp3) is 0.278. The fourth-order valence-corrected chi connectivity index (χ4v) is 2.32. The number of hydrogen-bond donors (Lipinski definition) is 2. The van der Waals surface area contributed by atoms with Gasteiger partial charge in [0.05, 0.1) is 11.7 Å². The first-order valence-corrected chi connectivity index (χ1v) is 7.88. The van der Waals surface area contributed by atoms with Crippen LogP contribution in [0.3, 0.4) is 0 Å². The second-order valence-electron chi connectivity index (χ2n) is 5.54. The molecule has 2 N–H and O–H groups in total. The Morgan fingerprint density at radius 3 is 2.61 bits per heavy atom. The lowest BCUT2D eigenvalue weighted by Crippen LogP contribution is -2.39. The summed E-state index contributed by atoms with van der Waals surface area (Å²) < 4.78 is 19.3. The Hall–Kier alpha value is -2.14. The molecule has 2 aromatic rings. The van der Waals surface area contributed by atoms with Crippen LogP contribution in [0.25, 0.3) is 0 Å². The highest BCUT2D eigenvalue weighted by Crippen LogP contribution is 2.16. The van der Waals surface area contributed by atoms with Crippen molar-refractivity contribution < 1.29 is 9.13 Å². The van der Waals surface area contributed by atoms with Crippen LogP contribution in [0.15, 0.2) is 42.5 Å². The lowest BCUT2D eigenvalue weighted by Gasteiger charge is -2.18. The first kappa shape index (κ1) is 17.2. The number of para-hydroxylation sites is 1. The van der Waals surface area contributed by atoms with Gasteiger partial charge in [0.15, 0.2) is 5.11 Å². The van der Waals surface area contributed by atoms with Gasteiger partial charge in [-0.15, -0.1) is 0 Å². The van der Waals surface area contributed by atoms with Crippen molar-refractivity contribution in [2.45, 2.75) is 26.8 Å². The Labute approximate surface area is 141 Å². The van der Waals surface area contributed by atoms with Gasteiger partial charge in [-0.05, 0) is 68.4 Å². The van der Waals surface area contributed by atoms with Crippen molar-refractivity contribution in [3.05, 3.63) is 59.4 Å². The van der Waals surface area contributed by atoms with Crippen LogP contribution in [0.2, 0.25) is 0 Å². The van der Waals surface area contributed by atoms with Gasteiger partial charge in [0.25, 0.3) is 0 Å². The van der Waals surface area contributed by atoms with Crippen LogP contribution in [0.5, 0.6) is 5.75 Å². The monoisotopic (exact) mass is 332 g/mol. The summed E-state index contributed by atoms with van der Waals surface area (Å²) >= 11 is 5.20. The van der Waals surface area contributed by atoms with Crippen LogP contribution in [-0.2, 0) is 0 Å². The summed E-state index contributed by atoms with van der Waals surface area (Å²) in [6, 6.07) is 12.4. The largest absolute Gasteiger partial charge is 0.491 e. The van der Waals surface area contributed by atoms with Gasteiger partial charge >= 0.3 is 0 Å². The van der Waals surface area contributed by atoms with E-state index in [9.17, 15) is 4.39 Å². The molecule has 0 fully saturated rings. The average Bonchev–Trinajstić information content (AvgIpc) is 2.51. The Morgan fingerprint density at radius 2 is 1.91 bits per heavy atom. The van der Waals surface area contributed by atoms with Crippen molar-refractivity contribution in [2.24, 2.45) is 0 Å². The van der Waals surface area contributed by atoms with Crippen LogP contribution < -0.4 is 15.4 Å². The molecule has 5 heteroatoms. The van der Waals surface area contributed by atoms with E-state index in [1.54, 1.807) is 18.2 Å². The van der Waals surface area contributed by atoms with Crippen molar-refractivity contribution in [1.82, 2.24) is 5.32 Å². The lowest BCUT2D eigenvalue weighted by atomic mass is 10.1. The predicted molar refractivity (Wildman–Crippen MR) is 96.6 cm³/mol. The first-order valence-electron chi connectivity index (χ1n) is 7.48. The van der Waals surface area contributed by atoms with E-state index in [1.807, 2.05) is 25.1 Å². The molecule has 0 unspecified atom stereocenters. The van der Waals surface area contributed by atoms with Crippen LogP contribution in [0.4, 0.5) is 10.1 Å². The normalized spacial score (nSPS) is 11.7. The predicted octanol–water partition coefficient (Wildman–Crippen LogP) is 4.20. The third kappa shape index (κ3) is 5.21. The molecule has 2 aromatic carbocycles. The zero-order chi connectivity index (χ0) is 16.8. The highest BCUT2D eigenvalue weighted by Gasteiger charge is 2.08. The minimum Gasteiger partial charge on any atom is -0.491 e. The average molecular weight is 332 g/mol. The molecule has 0 aromatic heterocycles. The minimum absolute atomic E-state index is 0.0108. The van der Waals surface area contributed by atoms with Gasteiger partial charge < -0.3 is 15.4 Å². The van der Waals surface area contributed by atoms with Crippen LogP contribution in [0, 0.1) is 19.7 Å². The van der Waals surface area contributed by atoms with Crippen molar-refractivity contribution in [1.29, 1.82) is 0 Å². The summed E-state index contributed by atoms with van der Waals surface area (Å²) in [7, 11) is 0. The number of anilines is 1. The van der Waals surface area contributed by atoms with Gasteiger partial charge in [0, 0.05) is 0 Å². The van der Waals surface area contributed by atoms with Crippen molar-refractivity contribution >= 4 is 23.0 Å². The molecule has 0 aliphatic rings. The van der Waals surface area contributed by atoms with Gasteiger partial charge in [-0.2, -0.15) is 0 Å². The maximum absolute atomic E-state index is 13.6. The molecule has 0 bridgehead atoms. The Bertz CT molecular complexity index is 690. The number of aryl methyl sites for hydroxylation is 2. The van der Waals surface area contributed by atoms with Gasteiger partial charge in [-0.1, -0.05) is 18.2 Å². The third-order valence-electron chi connectivity index (χ3n) is 3.48. The molecule has 0 radical (unpaired) electrons. The van der Waals surface area contributed by atoms with E-state index in [0.717, 1.165) is 5.75 Å². The molecule has 0 spiro atoms. The Kier molecular flexibility index (Phi) is 5.93. The van der Waals surface area contributed by atoms with Gasteiger partial charge in [0.1, 0.15) is 18.2 Å². The summed E-state index contributed by atoms with van der Waals surface area (Å²) in [6.45, 7) is 6.53. The third-order valence-corrected chi connectivity index (χ3v) is 3.70. The topological polar surface area (TPSA) is 33.3 Å². The van der Waals surface area contributed by atoms with Crippen molar-refractivity contribution in [3.8, 4) is 5.75 Å². The van der Waals surface area contributed by atoms with Crippen LogP contribution in [0.1, 0.15) is 18.1 Å². The highest BCUT2D eigenvalue weighted by atomic mass is 32.1. The van der Waals surface area contributed by atoms with E-state index in [1.165, 1.54) is 17.2 Å². The number of nitrogens with one attached hydrogen (secondary N) is 2. The van der Waals surface area contributed by atoms with E-state index in [0.29, 0.717) is 17.4 Å². The number of benzene rings is 2. The minimum atomic E-state index is -0.337. The molecule has 122 valence electrons. The molecule has 0 heterocycles. The highest BCUT2D eigenvalue weighted by molar-refractivity contribution is 7.80. The van der Waals surface area contributed by atoms with Crippen molar-refractivity contribution in [2.75, 3.05) is 11.9 Å². The van der Waals surface area contributed by atoms with Crippen LogP contribution in [-0.4, -0.2) is 17.8 Å². The molecular formula is C18H21FN2OS. The molecule has 2 rings (SSSR count). The quantitative estimate of drug-likeness (QED) is 0.804. The van der Waals surface area contributed by atoms with Crippen molar-refractivity contribution in [3.63, 3.8) is 0 Å². The van der Waals surface area contributed by atoms with Gasteiger partial charge in [-0.25, -0.2) is 4.39 Å². The summed E-state index contributed by atoms with van der Waals surface area (Å²) in [6.07, 6.45) is 0. The number of ether oxygens (including phenoxy) is 1. The van der Waals surface area contributed by atoms with E-state index in [4.69, 9.17) is 17.0 Å². The molecule has 0 aliphatic carbocycles. The van der Waals surface area contributed by atoms with E-state index >= 15 is 0 Å². The molecular weight excluding hydrogens is 311 g/mol. The second kappa shape index (κ2) is 7.92. The molecule has 1 atom stereocenters. The van der Waals surface area contributed by atoms with E-state index < -0.39 is 0 Å². The lowest BCUT2D eigenvalue weighted by molar-refractivity contribution is 0.287. The summed E-state index contributed by atoms with van der Waals surface area (Å²) in [5, 5.41) is 6.29. The first-order chi connectivity index (χ1) is 11.0. The number of rotatable bonds is 5.